The molecule has 7 nitrogen and oxygen atoms in total. The minimum absolute atomic E-state index is 0.131. The van der Waals surface area contributed by atoms with Gasteiger partial charge in [0.1, 0.15) is 0 Å². The van der Waals surface area contributed by atoms with Crippen LogP contribution in [0.15, 0.2) is 24.4 Å². The molecule has 2 amide bonds. The van der Waals surface area contributed by atoms with Gasteiger partial charge < -0.3 is 14.9 Å². The van der Waals surface area contributed by atoms with Crippen LogP contribution in [0.4, 0.5) is 13.2 Å². The number of carbonyl (C=O) groups excluding carboxylic acids is 2. The van der Waals surface area contributed by atoms with Crippen molar-refractivity contribution < 1.29 is 32.7 Å². The van der Waals surface area contributed by atoms with E-state index in [2.05, 4.69) is 9.88 Å². The standard InChI is InChI=1S/C21H29N3O2.C2HF3O2/c25-19(15-18-7-3-4-11-22-18)23-12-8-21(9-13-23)10-14-24(20(21)26)16-17-5-1-2-6-17;3-2(4,5)1(6)7/h3-4,7,11,17H,1-2,5-6,8-10,12-16H2;(H,6,7). The van der Waals surface area contributed by atoms with Gasteiger partial charge in [-0.2, -0.15) is 13.2 Å². The summed E-state index contributed by atoms with van der Waals surface area (Å²) in [4.78, 5) is 42.8. The number of likely N-dealkylation sites (tertiary alicyclic amines) is 2. The number of aliphatic carboxylic acids is 1. The van der Waals surface area contributed by atoms with Crippen LogP contribution >= 0.6 is 0 Å². The number of pyridine rings is 1. The minimum Gasteiger partial charge on any atom is -0.475 e. The fraction of sp³-hybridized carbons (Fsp3) is 0.652. The van der Waals surface area contributed by atoms with Crippen molar-refractivity contribution >= 4 is 17.8 Å². The van der Waals surface area contributed by atoms with Crippen LogP contribution in [0.25, 0.3) is 0 Å². The molecule has 0 unspecified atom stereocenters. The molecule has 2 saturated heterocycles. The minimum atomic E-state index is -5.08. The first kappa shape index (κ1) is 25.0. The molecular formula is C23H30F3N3O4. The highest BCUT2D eigenvalue weighted by Gasteiger charge is 2.48. The van der Waals surface area contributed by atoms with Crippen LogP contribution < -0.4 is 0 Å². The Bertz CT molecular complexity index is 833. The molecule has 33 heavy (non-hydrogen) atoms. The molecule has 2 aliphatic heterocycles. The summed E-state index contributed by atoms with van der Waals surface area (Å²) in [7, 11) is 0. The van der Waals surface area contributed by atoms with E-state index in [0.717, 1.165) is 38.0 Å². The lowest BCUT2D eigenvalue weighted by atomic mass is 9.77. The van der Waals surface area contributed by atoms with E-state index in [1.165, 1.54) is 25.7 Å². The van der Waals surface area contributed by atoms with Crippen molar-refractivity contribution in [1.82, 2.24) is 14.8 Å². The summed E-state index contributed by atoms with van der Waals surface area (Å²) in [6, 6.07) is 5.67. The topological polar surface area (TPSA) is 90.8 Å². The fourth-order valence-corrected chi connectivity index (χ4v) is 4.99. The van der Waals surface area contributed by atoms with E-state index in [-0.39, 0.29) is 11.3 Å². The smallest absolute Gasteiger partial charge is 0.475 e. The summed E-state index contributed by atoms with van der Waals surface area (Å²) in [5.74, 6) is -1.55. The second-order valence-electron chi connectivity index (χ2n) is 9.11. The zero-order valence-corrected chi connectivity index (χ0v) is 18.5. The monoisotopic (exact) mass is 469 g/mol. The lowest BCUT2D eigenvalue weighted by Gasteiger charge is -2.38. The molecule has 10 heteroatoms. The summed E-state index contributed by atoms with van der Waals surface area (Å²) in [5, 5.41) is 7.12. The SMILES string of the molecule is O=C(Cc1ccccn1)N1CCC2(CC1)CCN(CC1CCCC1)C2=O.O=C(O)C(F)(F)F. The van der Waals surface area contributed by atoms with E-state index in [9.17, 15) is 22.8 Å². The van der Waals surface area contributed by atoms with Gasteiger partial charge in [0.25, 0.3) is 0 Å². The molecule has 1 N–H and O–H groups in total. The summed E-state index contributed by atoms with van der Waals surface area (Å²) < 4.78 is 31.7. The lowest BCUT2D eigenvalue weighted by molar-refractivity contribution is -0.192. The Hall–Kier alpha value is -2.65. The number of piperidine rings is 1. The Kier molecular flexibility index (Phi) is 7.97. The highest BCUT2D eigenvalue weighted by Crippen LogP contribution is 2.42. The van der Waals surface area contributed by atoms with E-state index < -0.39 is 12.1 Å². The van der Waals surface area contributed by atoms with Crippen LogP contribution in [0.3, 0.4) is 0 Å². The van der Waals surface area contributed by atoms with Gasteiger partial charge >= 0.3 is 12.1 Å². The zero-order valence-electron chi connectivity index (χ0n) is 18.5. The summed E-state index contributed by atoms with van der Waals surface area (Å²) in [5.41, 5.74) is 0.623. The van der Waals surface area contributed by atoms with Gasteiger partial charge in [-0.25, -0.2) is 4.79 Å². The van der Waals surface area contributed by atoms with E-state index >= 15 is 0 Å². The molecular weight excluding hydrogens is 439 g/mol. The predicted molar refractivity (Wildman–Crippen MR) is 113 cm³/mol. The van der Waals surface area contributed by atoms with Crippen molar-refractivity contribution in [2.75, 3.05) is 26.2 Å². The van der Waals surface area contributed by atoms with Gasteiger partial charge in [0.15, 0.2) is 0 Å². The number of nitrogens with zero attached hydrogens (tertiary/aromatic N) is 3. The van der Waals surface area contributed by atoms with Crippen LogP contribution in [0.1, 0.15) is 50.6 Å². The van der Waals surface area contributed by atoms with Crippen molar-refractivity contribution in [2.45, 2.75) is 57.5 Å². The van der Waals surface area contributed by atoms with E-state index in [0.29, 0.717) is 31.3 Å². The van der Waals surface area contributed by atoms with Crippen molar-refractivity contribution in [3.63, 3.8) is 0 Å². The van der Waals surface area contributed by atoms with Gasteiger partial charge in [-0.1, -0.05) is 18.9 Å². The van der Waals surface area contributed by atoms with E-state index in [4.69, 9.17) is 9.90 Å². The number of rotatable bonds is 4. The Balaban J connectivity index is 0.000000383. The number of carboxylic acid groups (broad SMARTS) is 1. The number of carboxylic acids is 1. The maximum absolute atomic E-state index is 13.1. The van der Waals surface area contributed by atoms with Gasteiger partial charge in [0.2, 0.25) is 11.8 Å². The number of hydrogen-bond donors (Lipinski definition) is 1. The van der Waals surface area contributed by atoms with Crippen LogP contribution in [-0.2, 0) is 20.8 Å². The molecule has 1 aromatic rings. The molecule has 0 atom stereocenters. The molecule has 182 valence electrons. The number of alkyl halides is 3. The van der Waals surface area contributed by atoms with Crippen molar-refractivity contribution in [3.05, 3.63) is 30.1 Å². The van der Waals surface area contributed by atoms with Gasteiger partial charge in [0, 0.05) is 38.1 Å². The van der Waals surface area contributed by atoms with E-state index in [1.807, 2.05) is 23.1 Å². The third-order valence-corrected chi connectivity index (χ3v) is 6.93. The van der Waals surface area contributed by atoms with Crippen LogP contribution in [-0.4, -0.2) is 70.0 Å². The van der Waals surface area contributed by atoms with Crippen molar-refractivity contribution in [2.24, 2.45) is 11.3 Å². The molecule has 1 aromatic heterocycles. The molecule has 3 fully saturated rings. The Morgan fingerprint density at radius 3 is 2.24 bits per heavy atom. The van der Waals surface area contributed by atoms with Gasteiger partial charge in [-0.05, 0) is 50.2 Å². The molecule has 0 aromatic carbocycles. The first-order chi connectivity index (χ1) is 15.6. The van der Waals surface area contributed by atoms with Crippen LogP contribution in [0, 0.1) is 11.3 Å². The van der Waals surface area contributed by atoms with Crippen molar-refractivity contribution in [1.29, 1.82) is 0 Å². The predicted octanol–water partition coefficient (Wildman–Crippen LogP) is 3.29. The second kappa shape index (κ2) is 10.5. The number of halogens is 3. The molecule has 3 heterocycles. The molecule has 3 aliphatic rings. The zero-order chi connectivity index (χ0) is 24.1. The number of amides is 2. The average Bonchev–Trinajstić information content (AvgIpc) is 3.39. The summed E-state index contributed by atoms with van der Waals surface area (Å²) in [6.07, 6.45) is 4.83. The molecule has 0 bridgehead atoms. The van der Waals surface area contributed by atoms with Crippen LogP contribution in [0.5, 0.6) is 0 Å². The first-order valence-corrected chi connectivity index (χ1v) is 11.4. The maximum atomic E-state index is 13.1. The molecule has 1 spiro atoms. The normalized spacial score (nSPS) is 20.6. The summed E-state index contributed by atoms with van der Waals surface area (Å²) >= 11 is 0. The Morgan fingerprint density at radius 1 is 1.09 bits per heavy atom. The van der Waals surface area contributed by atoms with Crippen molar-refractivity contribution in [3.8, 4) is 0 Å². The number of aromatic nitrogens is 1. The maximum Gasteiger partial charge on any atom is 0.490 e. The largest absolute Gasteiger partial charge is 0.490 e. The molecule has 4 rings (SSSR count). The first-order valence-electron chi connectivity index (χ1n) is 11.4. The van der Waals surface area contributed by atoms with Gasteiger partial charge in [0.05, 0.1) is 11.8 Å². The fourth-order valence-electron chi connectivity index (χ4n) is 4.99. The average molecular weight is 470 g/mol. The third kappa shape index (κ3) is 6.45. The third-order valence-electron chi connectivity index (χ3n) is 6.93. The Morgan fingerprint density at radius 2 is 1.70 bits per heavy atom. The van der Waals surface area contributed by atoms with Gasteiger partial charge in [-0.3, -0.25) is 14.6 Å². The molecule has 0 radical (unpaired) electrons. The summed E-state index contributed by atoms with van der Waals surface area (Å²) in [6.45, 7) is 3.28. The molecule has 1 saturated carbocycles. The van der Waals surface area contributed by atoms with Gasteiger partial charge in [-0.15, -0.1) is 0 Å². The number of carbonyl (C=O) groups is 3. The quantitative estimate of drug-likeness (QED) is 0.731. The second-order valence-corrected chi connectivity index (χ2v) is 9.11. The highest BCUT2D eigenvalue weighted by molar-refractivity contribution is 5.85. The molecule has 1 aliphatic carbocycles. The van der Waals surface area contributed by atoms with E-state index in [1.54, 1.807) is 6.20 Å². The Labute approximate surface area is 191 Å². The highest BCUT2D eigenvalue weighted by atomic mass is 19.4. The van der Waals surface area contributed by atoms with Crippen LogP contribution in [0.2, 0.25) is 0 Å². The number of hydrogen-bond acceptors (Lipinski definition) is 4. The lowest BCUT2D eigenvalue weighted by Crippen LogP contribution is -2.47.